The molecule has 2 heterocycles. The number of rotatable bonds is 3. The van der Waals surface area contributed by atoms with E-state index in [4.69, 9.17) is 4.74 Å². The first-order valence-electron chi connectivity index (χ1n) is 6.60. The molecule has 0 aliphatic carbocycles. The van der Waals surface area contributed by atoms with Gasteiger partial charge in [-0.2, -0.15) is 5.10 Å². The third-order valence-corrected chi connectivity index (χ3v) is 3.48. The summed E-state index contributed by atoms with van der Waals surface area (Å²) in [6.45, 7) is 0.545. The lowest BCUT2D eigenvalue weighted by atomic mass is 10.1. The van der Waals surface area contributed by atoms with E-state index in [1.165, 1.54) is 0 Å². The Balaban J connectivity index is 1.65. The van der Waals surface area contributed by atoms with Gasteiger partial charge in [0.05, 0.1) is 6.20 Å². The van der Waals surface area contributed by atoms with Crippen LogP contribution < -0.4 is 4.74 Å². The van der Waals surface area contributed by atoms with Crippen LogP contribution in [0.3, 0.4) is 0 Å². The van der Waals surface area contributed by atoms with Crippen molar-refractivity contribution in [3.8, 4) is 5.75 Å². The van der Waals surface area contributed by atoms with Gasteiger partial charge in [-0.25, -0.2) is 0 Å². The maximum Gasteiger partial charge on any atom is 0.264 e. The predicted molar refractivity (Wildman–Crippen MR) is 74.2 cm³/mol. The molecule has 0 bridgehead atoms. The Morgan fingerprint density at radius 1 is 1.50 bits per heavy atom. The Labute approximate surface area is 117 Å². The molecule has 5 nitrogen and oxygen atoms in total. The van der Waals surface area contributed by atoms with Crippen LogP contribution >= 0.6 is 0 Å². The summed E-state index contributed by atoms with van der Waals surface area (Å²) in [6, 6.07) is 7.80. The molecule has 0 spiro atoms. The number of nitrogens with zero attached hydrogens (tertiary/aromatic N) is 3. The van der Waals surface area contributed by atoms with Crippen LogP contribution in [0.15, 0.2) is 36.7 Å². The van der Waals surface area contributed by atoms with Crippen molar-refractivity contribution in [2.24, 2.45) is 7.05 Å². The summed E-state index contributed by atoms with van der Waals surface area (Å²) in [6.07, 6.45) is 3.92. The third-order valence-electron chi connectivity index (χ3n) is 3.48. The molecule has 5 heteroatoms. The number of hydrogen-bond acceptors (Lipinski definition) is 3. The number of amides is 1. The first kappa shape index (κ1) is 12.7. The van der Waals surface area contributed by atoms with Gasteiger partial charge in [-0.1, -0.05) is 18.2 Å². The number of carbonyl (C=O) groups excluding carboxylic acids is 1. The van der Waals surface area contributed by atoms with Crippen LogP contribution in [0.5, 0.6) is 5.75 Å². The third kappa shape index (κ3) is 2.39. The lowest BCUT2D eigenvalue weighted by Crippen LogP contribution is -2.38. The van der Waals surface area contributed by atoms with Gasteiger partial charge in [-0.3, -0.25) is 9.48 Å². The van der Waals surface area contributed by atoms with E-state index in [-0.39, 0.29) is 5.91 Å². The van der Waals surface area contributed by atoms with E-state index in [2.05, 4.69) is 5.10 Å². The average molecular weight is 271 g/mol. The van der Waals surface area contributed by atoms with Gasteiger partial charge in [0.2, 0.25) is 0 Å². The van der Waals surface area contributed by atoms with E-state index in [1.54, 1.807) is 22.8 Å². The number of para-hydroxylation sites is 1. The Bertz CT molecular complexity index is 611. The molecular weight excluding hydrogens is 254 g/mol. The number of aryl methyl sites for hydroxylation is 1. The molecule has 1 aliphatic rings. The standard InChI is InChI=1S/C15H17N3O2/c1-17(9-11-8-16-18(2)10-11)15(19)14-7-12-5-3-4-6-13(12)20-14/h3-6,8,10,14H,7,9H2,1-2H3. The molecule has 1 aliphatic heterocycles. The Kier molecular flexibility index (Phi) is 3.18. The van der Waals surface area contributed by atoms with Gasteiger partial charge in [-0.05, 0) is 11.6 Å². The zero-order valence-corrected chi connectivity index (χ0v) is 11.6. The molecule has 0 radical (unpaired) electrons. The second kappa shape index (κ2) is 5.00. The summed E-state index contributed by atoms with van der Waals surface area (Å²) in [7, 11) is 3.66. The molecular formula is C15H17N3O2. The van der Waals surface area contributed by atoms with E-state index in [9.17, 15) is 4.79 Å². The van der Waals surface area contributed by atoms with E-state index >= 15 is 0 Å². The smallest absolute Gasteiger partial charge is 0.264 e. The molecule has 20 heavy (non-hydrogen) atoms. The van der Waals surface area contributed by atoms with Crippen LogP contribution in [-0.4, -0.2) is 33.7 Å². The minimum absolute atomic E-state index is 0.00468. The maximum atomic E-state index is 12.4. The average Bonchev–Trinajstić information content (AvgIpc) is 3.03. The summed E-state index contributed by atoms with van der Waals surface area (Å²) in [5.74, 6) is 0.825. The van der Waals surface area contributed by atoms with Gasteiger partial charge < -0.3 is 9.64 Å². The minimum Gasteiger partial charge on any atom is -0.480 e. The highest BCUT2D eigenvalue weighted by Crippen LogP contribution is 2.28. The van der Waals surface area contributed by atoms with Crippen molar-refractivity contribution in [2.75, 3.05) is 7.05 Å². The van der Waals surface area contributed by atoms with Crippen LogP contribution in [0.25, 0.3) is 0 Å². The van der Waals surface area contributed by atoms with Gasteiger partial charge in [0.1, 0.15) is 5.75 Å². The number of benzene rings is 1. The minimum atomic E-state index is -0.408. The molecule has 0 N–H and O–H groups in total. The van der Waals surface area contributed by atoms with Gasteiger partial charge in [0.25, 0.3) is 5.91 Å². The highest BCUT2D eigenvalue weighted by Gasteiger charge is 2.30. The quantitative estimate of drug-likeness (QED) is 0.847. The van der Waals surface area contributed by atoms with Crippen LogP contribution in [0.2, 0.25) is 0 Å². The van der Waals surface area contributed by atoms with E-state index in [1.807, 2.05) is 37.5 Å². The second-order valence-electron chi connectivity index (χ2n) is 5.13. The van der Waals surface area contributed by atoms with Gasteiger partial charge in [-0.15, -0.1) is 0 Å². The molecule has 0 saturated carbocycles. The molecule has 1 aromatic heterocycles. The Morgan fingerprint density at radius 3 is 3.00 bits per heavy atom. The van der Waals surface area contributed by atoms with E-state index < -0.39 is 6.10 Å². The van der Waals surface area contributed by atoms with Crippen LogP contribution in [0, 0.1) is 0 Å². The predicted octanol–water partition coefficient (Wildman–Crippen LogP) is 1.38. The molecule has 1 amide bonds. The molecule has 1 atom stereocenters. The molecule has 3 rings (SSSR count). The fraction of sp³-hybridized carbons (Fsp3) is 0.333. The van der Waals surface area contributed by atoms with Crippen LogP contribution in [0.4, 0.5) is 0 Å². The summed E-state index contributed by atoms with van der Waals surface area (Å²) in [5, 5.41) is 4.11. The van der Waals surface area contributed by atoms with Gasteiger partial charge in [0, 0.05) is 38.8 Å². The summed E-state index contributed by atoms with van der Waals surface area (Å²) in [4.78, 5) is 14.1. The monoisotopic (exact) mass is 271 g/mol. The van der Waals surface area contributed by atoms with E-state index in [0.29, 0.717) is 13.0 Å². The fourth-order valence-electron chi connectivity index (χ4n) is 2.47. The first-order valence-corrected chi connectivity index (χ1v) is 6.60. The SMILES string of the molecule is CN(Cc1cnn(C)c1)C(=O)C1Cc2ccccc2O1. The number of fused-ring (bicyclic) bond motifs is 1. The van der Waals surface area contributed by atoms with Crippen LogP contribution in [-0.2, 0) is 24.8 Å². The van der Waals surface area contributed by atoms with Crippen molar-refractivity contribution in [1.29, 1.82) is 0 Å². The molecule has 1 unspecified atom stereocenters. The number of likely N-dealkylation sites (N-methyl/N-ethyl adjacent to an activating group) is 1. The number of carbonyl (C=O) groups is 1. The topological polar surface area (TPSA) is 47.4 Å². The molecule has 0 saturated heterocycles. The second-order valence-corrected chi connectivity index (χ2v) is 5.13. The normalized spacial score (nSPS) is 16.6. The zero-order chi connectivity index (χ0) is 14.1. The Hall–Kier alpha value is -2.30. The van der Waals surface area contributed by atoms with Crippen molar-refractivity contribution in [2.45, 2.75) is 19.1 Å². The number of hydrogen-bond donors (Lipinski definition) is 0. The highest BCUT2D eigenvalue weighted by atomic mass is 16.5. The number of aromatic nitrogens is 2. The van der Waals surface area contributed by atoms with Crippen molar-refractivity contribution in [3.05, 3.63) is 47.8 Å². The lowest BCUT2D eigenvalue weighted by Gasteiger charge is -2.20. The van der Waals surface area contributed by atoms with Gasteiger partial charge in [0.15, 0.2) is 6.10 Å². The number of ether oxygens (including phenoxy) is 1. The summed E-state index contributed by atoms with van der Waals surface area (Å²) in [5.41, 5.74) is 2.11. The fourth-order valence-corrected chi connectivity index (χ4v) is 2.47. The summed E-state index contributed by atoms with van der Waals surface area (Å²) < 4.78 is 7.45. The molecule has 2 aromatic rings. The lowest BCUT2D eigenvalue weighted by molar-refractivity contribution is -0.137. The largest absolute Gasteiger partial charge is 0.480 e. The Morgan fingerprint density at radius 2 is 2.30 bits per heavy atom. The first-order chi connectivity index (χ1) is 9.63. The summed E-state index contributed by atoms with van der Waals surface area (Å²) >= 11 is 0. The maximum absolute atomic E-state index is 12.4. The molecule has 0 fully saturated rings. The van der Waals surface area contributed by atoms with Crippen LogP contribution in [0.1, 0.15) is 11.1 Å². The zero-order valence-electron chi connectivity index (χ0n) is 11.6. The van der Waals surface area contributed by atoms with Crippen molar-refractivity contribution in [3.63, 3.8) is 0 Å². The van der Waals surface area contributed by atoms with Crippen molar-refractivity contribution < 1.29 is 9.53 Å². The van der Waals surface area contributed by atoms with E-state index in [0.717, 1.165) is 16.9 Å². The van der Waals surface area contributed by atoms with Crippen molar-refractivity contribution >= 4 is 5.91 Å². The molecule has 1 aromatic carbocycles. The van der Waals surface area contributed by atoms with Gasteiger partial charge >= 0.3 is 0 Å². The van der Waals surface area contributed by atoms with Crippen molar-refractivity contribution in [1.82, 2.24) is 14.7 Å². The highest BCUT2D eigenvalue weighted by molar-refractivity contribution is 5.82. The molecule has 104 valence electrons.